The maximum atomic E-state index is 13.8. The molecule has 2 aromatic carbocycles. The van der Waals surface area contributed by atoms with Gasteiger partial charge in [-0.05, 0) is 36.8 Å². The van der Waals surface area contributed by atoms with Crippen molar-refractivity contribution in [1.29, 1.82) is 0 Å². The minimum absolute atomic E-state index is 0.0881. The molecular formula is C21H19F2N3O. The van der Waals surface area contributed by atoms with Crippen molar-refractivity contribution in [3.63, 3.8) is 0 Å². The molecule has 0 spiro atoms. The number of aromatic nitrogens is 1. The zero-order valence-corrected chi connectivity index (χ0v) is 14.8. The lowest BCUT2D eigenvalue weighted by Gasteiger charge is -2.21. The average Bonchev–Trinajstić information content (AvgIpc) is 2.69. The van der Waals surface area contributed by atoms with Gasteiger partial charge in [0, 0.05) is 30.9 Å². The molecule has 0 aliphatic carbocycles. The Morgan fingerprint density at radius 3 is 2.56 bits per heavy atom. The smallest absolute Gasteiger partial charge is 0.254 e. The minimum Gasteiger partial charge on any atom is -0.338 e. The molecule has 4 nitrogen and oxygen atoms in total. The predicted molar refractivity (Wildman–Crippen MR) is 101 cm³/mol. The van der Waals surface area contributed by atoms with E-state index in [0.29, 0.717) is 24.5 Å². The molecule has 3 aromatic rings. The van der Waals surface area contributed by atoms with Gasteiger partial charge in [0.2, 0.25) is 0 Å². The fourth-order valence-corrected chi connectivity index (χ4v) is 2.67. The molecule has 1 aromatic heterocycles. The molecule has 138 valence electrons. The predicted octanol–water partition coefficient (Wildman–Crippen LogP) is 4.77. The number of nitrogens with one attached hydrogen (secondary N) is 1. The third-order valence-electron chi connectivity index (χ3n) is 4.09. The second-order valence-electron chi connectivity index (χ2n) is 5.98. The first kappa shape index (κ1) is 18.5. The summed E-state index contributed by atoms with van der Waals surface area (Å²) in [6.45, 7) is 2.95. The number of benzene rings is 2. The maximum Gasteiger partial charge on any atom is 0.254 e. The van der Waals surface area contributed by atoms with Gasteiger partial charge in [0.1, 0.15) is 17.5 Å². The van der Waals surface area contributed by atoms with Crippen molar-refractivity contribution in [3.05, 3.63) is 89.6 Å². The number of halogens is 2. The summed E-state index contributed by atoms with van der Waals surface area (Å²) in [5.74, 6) is -1.23. The van der Waals surface area contributed by atoms with Gasteiger partial charge in [0.05, 0.1) is 5.69 Å². The Bertz CT molecular complexity index is 932. The summed E-state index contributed by atoms with van der Waals surface area (Å²) in [6.07, 6.45) is 1.48. The van der Waals surface area contributed by atoms with Gasteiger partial charge in [-0.2, -0.15) is 0 Å². The number of hydrogen-bond donors (Lipinski definition) is 1. The Kier molecular flexibility index (Phi) is 5.76. The summed E-state index contributed by atoms with van der Waals surface area (Å²) >= 11 is 0. The van der Waals surface area contributed by atoms with E-state index in [1.54, 1.807) is 17.0 Å². The summed E-state index contributed by atoms with van der Waals surface area (Å²) in [7, 11) is 0. The van der Waals surface area contributed by atoms with Crippen LogP contribution >= 0.6 is 0 Å². The second-order valence-corrected chi connectivity index (χ2v) is 5.98. The summed E-state index contributed by atoms with van der Waals surface area (Å²) < 4.78 is 26.8. The van der Waals surface area contributed by atoms with Crippen LogP contribution in [-0.2, 0) is 6.54 Å². The lowest BCUT2D eigenvalue weighted by molar-refractivity contribution is 0.0752. The van der Waals surface area contributed by atoms with Crippen LogP contribution in [0.2, 0.25) is 0 Å². The third kappa shape index (κ3) is 4.67. The van der Waals surface area contributed by atoms with E-state index >= 15 is 0 Å². The number of carbonyl (C=O) groups is 1. The largest absolute Gasteiger partial charge is 0.338 e. The van der Waals surface area contributed by atoms with Crippen molar-refractivity contribution in [3.8, 4) is 0 Å². The zero-order valence-electron chi connectivity index (χ0n) is 14.8. The van der Waals surface area contributed by atoms with Gasteiger partial charge >= 0.3 is 0 Å². The summed E-state index contributed by atoms with van der Waals surface area (Å²) in [4.78, 5) is 18.7. The molecule has 0 atom stereocenters. The fraction of sp³-hybridized carbons (Fsp3) is 0.143. The zero-order chi connectivity index (χ0) is 19.2. The highest BCUT2D eigenvalue weighted by Crippen LogP contribution is 2.20. The number of rotatable bonds is 6. The number of pyridine rings is 1. The SMILES string of the molecule is CCN(Cc1ccccc1)C(=O)c1ccnc(Nc2ccc(F)cc2F)c1. The van der Waals surface area contributed by atoms with Crippen molar-refractivity contribution in [2.24, 2.45) is 0 Å². The summed E-state index contributed by atoms with van der Waals surface area (Å²) in [5.41, 5.74) is 1.56. The van der Waals surface area contributed by atoms with Gasteiger partial charge in [-0.3, -0.25) is 4.79 Å². The van der Waals surface area contributed by atoms with Crippen molar-refractivity contribution in [1.82, 2.24) is 9.88 Å². The molecule has 0 bridgehead atoms. The molecule has 1 N–H and O–H groups in total. The quantitative estimate of drug-likeness (QED) is 0.683. The summed E-state index contributed by atoms with van der Waals surface area (Å²) in [6, 6.07) is 16.1. The van der Waals surface area contributed by atoms with E-state index in [2.05, 4.69) is 10.3 Å². The van der Waals surface area contributed by atoms with Crippen LogP contribution in [0.4, 0.5) is 20.3 Å². The highest BCUT2D eigenvalue weighted by atomic mass is 19.1. The van der Waals surface area contributed by atoms with Crippen LogP contribution < -0.4 is 5.32 Å². The molecule has 27 heavy (non-hydrogen) atoms. The topological polar surface area (TPSA) is 45.2 Å². The lowest BCUT2D eigenvalue weighted by atomic mass is 10.1. The third-order valence-corrected chi connectivity index (χ3v) is 4.09. The van der Waals surface area contributed by atoms with Gasteiger partial charge in [-0.1, -0.05) is 30.3 Å². The molecule has 0 unspecified atom stereocenters. The monoisotopic (exact) mass is 367 g/mol. The fourth-order valence-electron chi connectivity index (χ4n) is 2.67. The molecule has 0 saturated carbocycles. The van der Waals surface area contributed by atoms with Gasteiger partial charge in [0.15, 0.2) is 0 Å². The Labute approximate surface area is 156 Å². The first-order chi connectivity index (χ1) is 13.1. The second kappa shape index (κ2) is 8.40. The Morgan fingerprint density at radius 2 is 1.85 bits per heavy atom. The van der Waals surface area contributed by atoms with E-state index in [0.717, 1.165) is 17.7 Å². The van der Waals surface area contributed by atoms with Crippen LogP contribution in [0.3, 0.4) is 0 Å². The van der Waals surface area contributed by atoms with Crippen LogP contribution in [-0.4, -0.2) is 22.3 Å². The van der Waals surface area contributed by atoms with Gasteiger partial charge < -0.3 is 10.2 Å². The molecule has 1 amide bonds. The highest BCUT2D eigenvalue weighted by molar-refractivity contribution is 5.95. The summed E-state index contributed by atoms with van der Waals surface area (Å²) in [5, 5.41) is 2.78. The maximum absolute atomic E-state index is 13.8. The number of carbonyl (C=O) groups excluding carboxylic acids is 1. The average molecular weight is 367 g/mol. The molecule has 0 aliphatic heterocycles. The molecule has 1 heterocycles. The van der Waals surface area contributed by atoms with E-state index in [-0.39, 0.29) is 11.6 Å². The highest BCUT2D eigenvalue weighted by Gasteiger charge is 2.15. The van der Waals surface area contributed by atoms with E-state index in [4.69, 9.17) is 0 Å². The van der Waals surface area contributed by atoms with Crippen LogP contribution in [0.15, 0.2) is 66.9 Å². The number of nitrogens with zero attached hydrogens (tertiary/aromatic N) is 2. The standard InChI is InChI=1S/C21H19F2N3O/c1-2-26(14-15-6-4-3-5-7-15)21(27)16-10-11-24-20(12-16)25-19-9-8-17(22)13-18(19)23/h3-13H,2,14H2,1H3,(H,24,25). The van der Waals surface area contributed by atoms with E-state index in [9.17, 15) is 13.6 Å². The number of hydrogen-bond acceptors (Lipinski definition) is 3. The molecule has 3 rings (SSSR count). The van der Waals surface area contributed by atoms with Crippen LogP contribution in [0, 0.1) is 11.6 Å². The van der Waals surface area contributed by atoms with Gasteiger partial charge in [-0.25, -0.2) is 13.8 Å². The van der Waals surface area contributed by atoms with Crippen molar-refractivity contribution < 1.29 is 13.6 Å². The molecule has 6 heteroatoms. The number of amides is 1. The Balaban J connectivity index is 1.78. The molecule has 0 saturated heterocycles. The first-order valence-corrected chi connectivity index (χ1v) is 8.58. The van der Waals surface area contributed by atoms with E-state index in [1.165, 1.54) is 12.3 Å². The molecule has 0 radical (unpaired) electrons. The molecular weight excluding hydrogens is 348 g/mol. The minimum atomic E-state index is -0.729. The number of anilines is 2. The normalized spacial score (nSPS) is 10.5. The molecule has 0 fully saturated rings. The van der Waals surface area contributed by atoms with E-state index < -0.39 is 11.6 Å². The van der Waals surface area contributed by atoms with Crippen LogP contribution in [0.1, 0.15) is 22.8 Å². The van der Waals surface area contributed by atoms with Gasteiger partial charge in [0.25, 0.3) is 5.91 Å². The first-order valence-electron chi connectivity index (χ1n) is 8.58. The van der Waals surface area contributed by atoms with Crippen molar-refractivity contribution in [2.45, 2.75) is 13.5 Å². The van der Waals surface area contributed by atoms with E-state index in [1.807, 2.05) is 37.3 Å². The van der Waals surface area contributed by atoms with Crippen molar-refractivity contribution in [2.75, 3.05) is 11.9 Å². The Hall–Kier alpha value is -3.28. The van der Waals surface area contributed by atoms with Crippen LogP contribution in [0.5, 0.6) is 0 Å². The van der Waals surface area contributed by atoms with Crippen LogP contribution in [0.25, 0.3) is 0 Å². The lowest BCUT2D eigenvalue weighted by Crippen LogP contribution is -2.30. The Morgan fingerprint density at radius 1 is 1.07 bits per heavy atom. The van der Waals surface area contributed by atoms with Crippen molar-refractivity contribution >= 4 is 17.4 Å². The van der Waals surface area contributed by atoms with Gasteiger partial charge in [-0.15, -0.1) is 0 Å². The molecule has 0 aliphatic rings.